The Labute approximate surface area is 284 Å². The number of carbonyl (C=O) groups is 2. The summed E-state index contributed by atoms with van der Waals surface area (Å²) in [7, 11) is 1.63. The molecule has 0 saturated carbocycles. The maximum atomic E-state index is 14.2. The highest BCUT2D eigenvalue weighted by molar-refractivity contribution is 6.02. The van der Waals surface area contributed by atoms with Gasteiger partial charge in [0.15, 0.2) is 0 Å². The SMILES string of the molecule is CCCN(CCC)C(=O)c1cc(C)cc(C(N)=O)c1[C@H](Cc1ccc(OCc2ccccc2)cc1)[C@@H](O)CNCc1cccc(OC)c1. The molecule has 0 spiro atoms. The quantitative estimate of drug-likeness (QED) is 0.114. The number of nitrogens with zero attached hydrogens (tertiary/aromatic N) is 1. The first-order chi connectivity index (χ1) is 23.2. The van der Waals surface area contributed by atoms with E-state index in [9.17, 15) is 14.7 Å². The molecule has 2 amide bonds. The maximum absolute atomic E-state index is 14.2. The predicted octanol–water partition coefficient (Wildman–Crippen LogP) is 6.42. The van der Waals surface area contributed by atoms with Crippen LogP contribution in [0.15, 0.2) is 91.0 Å². The van der Waals surface area contributed by atoms with Crippen LogP contribution in [0.2, 0.25) is 0 Å². The van der Waals surface area contributed by atoms with Crippen molar-refractivity contribution in [2.24, 2.45) is 5.73 Å². The third-order valence-corrected chi connectivity index (χ3v) is 8.37. The number of ether oxygens (including phenoxy) is 2. The summed E-state index contributed by atoms with van der Waals surface area (Å²) in [6, 6.07) is 29.0. The van der Waals surface area contributed by atoms with Crippen LogP contribution in [0.3, 0.4) is 0 Å². The number of nitrogens with two attached hydrogens (primary N) is 1. The summed E-state index contributed by atoms with van der Waals surface area (Å²) in [6.45, 7) is 8.27. The van der Waals surface area contributed by atoms with Crippen LogP contribution >= 0.6 is 0 Å². The van der Waals surface area contributed by atoms with E-state index in [0.717, 1.165) is 46.6 Å². The number of aryl methyl sites for hydroxylation is 1. The highest BCUT2D eigenvalue weighted by Gasteiger charge is 2.32. The monoisotopic (exact) mass is 651 g/mol. The van der Waals surface area contributed by atoms with Crippen molar-refractivity contribution in [2.45, 2.75) is 65.2 Å². The number of amides is 2. The van der Waals surface area contributed by atoms with Crippen molar-refractivity contribution in [2.75, 3.05) is 26.7 Å². The Morgan fingerprint density at radius 2 is 1.50 bits per heavy atom. The molecular formula is C40H49N3O5. The lowest BCUT2D eigenvalue weighted by Gasteiger charge is -2.30. The second-order valence-electron chi connectivity index (χ2n) is 12.2. The van der Waals surface area contributed by atoms with Crippen molar-refractivity contribution in [3.05, 3.63) is 130 Å². The lowest BCUT2D eigenvalue weighted by atomic mass is 9.80. The lowest BCUT2D eigenvalue weighted by molar-refractivity contribution is 0.0751. The molecule has 4 N–H and O–H groups in total. The van der Waals surface area contributed by atoms with Gasteiger partial charge in [0.1, 0.15) is 18.1 Å². The van der Waals surface area contributed by atoms with Gasteiger partial charge in [-0.2, -0.15) is 0 Å². The van der Waals surface area contributed by atoms with Gasteiger partial charge in [-0.3, -0.25) is 9.59 Å². The van der Waals surface area contributed by atoms with Crippen LogP contribution in [-0.4, -0.2) is 54.7 Å². The number of aliphatic hydroxyl groups is 1. The smallest absolute Gasteiger partial charge is 0.254 e. The van der Waals surface area contributed by atoms with Gasteiger partial charge in [-0.25, -0.2) is 0 Å². The molecule has 48 heavy (non-hydrogen) atoms. The second-order valence-corrected chi connectivity index (χ2v) is 12.2. The zero-order chi connectivity index (χ0) is 34.5. The van der Waals surface area contributed by atoms with Crippen molar-refractivity contribution in [1.29, 1.82) is 0 Å². The zero-order valence-corrected chi connectivity index (χ0v) is 28.6. The summed E-state index contributed by atoms with van der Waals surface area (Å²) in [4.78, 5) is 29.0. The summed E-state index contributed by atoms with van der Waals surface area (Å²) in [5, 5.41) is 15.3. The van der Waals surface area contributed by atoms with Crippen molar-refractivity contribution in [3.8, 4) is 11.5 Å². The third kappa shape index (κ3) is 9.92. The van der Waals surface area contributed by atoms with Gasteiger partial charge in [-0.1, -0.05) is 68.4 Å². The van der Waals surface area contributed by atoms with Crippen LogP contribution < -0.4 is 20.5 Å². The van der Waals surface area contributed by atoms with Crippen LogP contribution in [0.1, 0.15) is 81.1 Å². The minimum Gasteiger partial charge on any atom is -0.497 e. The topological polar surface area (TPSA) is 114 Å². The van der Waals surface area contributed by atoms with Crippen molar-refractivity contribution in [1.82, 2.24) is 10.2 Å². The molecule has 0 bridgehead atoms. The number of hydrogen-bond donors (Lipinski definition) is 3. The number of aliphatic hydroxyl groups excluding tert-OH is 1. The second kappa shape index (κ2) is 18.0. The van der Waals surface area contributed by atoms with Gasteiger partial charge in [0.2, 0.25) is 5.91 Å². The highest BCUT2D eigenvalue weighted by Crippen LogP contribution is 2.33. The largest absolute Gasteiger partial charge is 0.497 e. The van der Waals surface area contributed by atoms with Gasteiger partial charge in [0.05, 0.1) is 13.2 Å². The molecule has 2 atom stereocenters. The highest BCUT2D eigenvalue weighted by atomic mass is 16.5. The molecule has 0 unspecified atom stereocenters. The van der Waals surface area contributed by atoms with E-state index >= 15 is 0 Å². The number of hydrogen-bond acceptors (Lipinski definition) is 6. The van der Waals surface area contributed by atoms with Gasteiger partial charge >= 0.3 is 0 Å². The molecule has 4 aromatic rings. The van der Waals surface area contributed by atoms with Gasteiger partial charge in [-0.15, -0.1) is 0 Å². The minimum absolute atomic E-state index is 0.161. The molecule has 0 aliphatic rings. The first-order valence-electron chi connectivity index (χ1n) is 16.7. The molecule has 0 heterocycles. The number of primary amides is 1. The molecule has 8 heteroatoms. The Morgan fingerprint density at radius 1 is 0.833 bits per heavy atom. The molecule has 0 aliphatic heterocycles. The fourth-order valence-corrected chi connectivity index (χ4v) is 6.04. The van der Waals surface area contributed by atoms with Gasteiger partial charge in [0.25, 0.3) is 5.91 Å². The Balaban J connectivity index is 1.69. The molecule has 0 radical (unpaired) electrons. The van der Waals surface area contributed by atoms with E-state index in [1.165, 1.54) is 0 Å². The molecule has 0 saturated heterocycles. The van der Waals surface area contributed by atoms with E-state index in [0.29, 0.717) is 43.8 Å². The van der Waals surface area contributed by atoms with Crippen LogP contribution in [0.4, 0.5) is 0 Å². The minimum atomic E-state index is -0.956. The van der Waals surface area contributed by atoms with Gasteiger partial charge in [-0.05, 0) is 90.4 Å². The fourth-order valence-electron chi connectivity index (χ4n) is 6.04. The van der Waals surface area contributed by atoms with Crippen molar-refractivity contribution < 1.29 is 24.2 Å². The van der Waals surface area contributed by atoms with Gasteiger partial charge in [0, 0.05) is 43.2 Å². The normalized spacial score (nSPS) is 12.3. The molecule has 254 valence electrons. The van der Waals surface area contributed by atoms with Crippen molar-refractivity contribution in [3.63, 3.8) is 0 Å². The Morgan fingerprint density at radius 3 is 2.15 bits per heavy atom. The first kappa shape index (κ1) is 36.2. The number of nitrogens with one attached hydrogen (secondary N) is 1. The average molecular weight is 652 g/mol. The van der Waals surface area contributed by atoms with E-state index in [1.807, 2.05) is 111 Å². The Bertz CT molecular complexity index is 1620. The molecule has 8 nitrogen and oxygen atoms in total. The number of methoxy groups -OCH3 is 1. The summed E-state index contributed by atoms with van der Waals surface area (Å²) < 4.78 is 11.4. The number of carbonyl (C=O) groups excluding carboxylic acids is 2. The van der Waals surface area contributed by atoms with Crippen LogP contribution in [-0.2, 0) is 19.6 Å². The molecule has 4 rings (SSSR count). The molecule has 0 aromatic heterocycles. The molecule has 0 aliphatic carbocycles. The summed E-state index contributed by atoms with van der Waals surface area (Å²) in [5.41, 5.74) is 10.9. The Hall–Kier alpha value is -4.66. The number of rotatable bonds is 18. The van der Waals surface area contributed by atoms with E-state index < -0.39 is 17.9 Å². The summed E-state index contributed by atoms with van der Waals surface area (Å²) >= 11 is 0. The van der Waals surface area contributed by atoms with E-state index in [-0.39, 0.29) is 18.0 Å². The number of benzene rings is 4. The fraction of sp³-hybridized carbons (Fsp3) is 0.350. The Kier molecular flexibility index (Phi) is 13.6. The molecule has 4 aromatic carbocycles. The maximum Gasteiger partial charge on any atom is 0.254 e. The van der Waals surface area contributed by atoms with Crippen LogP contribution in [0, 0.1) is 6.92 Å². The zero-order valence-electron chi connectivity index (χ0n) is 28.6. The predicted molar refractivity (Wildman–Crippen MR) is 191 cm³/mol. The van der Waals surface area contributed by atoms with Crippen molar-refractivity contribution >= 4 is 11.8 Å². The van der Waals surface area contributed by atoms with Crippen LogP contribution in [0.25, 0.3) is 0 Å². The standard InChI is InChI=1S/C40H49N3O5/c1-5-19-43(20-6-2)40(46)36-22-28(3)21-35(39(41)45)38(36)34(37(44)26-42-25-31-13-10-14-33(23-31)47-4)24-29-15-17-32(18-16-29)48-27-30-11-8-7-9-12-30/h7-18,21-23,34,37,42,44H,5-6,19-20,24-27H2,1-4H3,(H2,41,45)/t34-,37+/m1/s1. The molecule has 0 fully saturated rings. The van der Waals surface area contributed by atoms with E-state index in [1.54, 1.807) is 13.2 Å². The summed E-state index contributed by atoms with van der Waals surface area (Å²) in [6.07, 6.45) is 1.01. The average Bonchev–Trinajstić information content (AvgIpc) is 3.10. The molecular weight excluding hydrogens is 602 g/mol. The lowest BCUT2D eigenvalue weighted by Crippen LogP contribution is -2.37. The first-order valence-corrected chi connectivity index (χ1v) is 16.7. The van der Waals surface area contributed by atoms with E-state index in [2.05, 4.69) is 5.32 Å². The van der Waals surface area contributed by atoms with E-state index in [4.69, 9.17) is 15.2 Å². The van der Waals surface area contributed by atoms with Crippen LogP contribution in [0.5, 0.6) is 11.5 Å². The van der Waals surface area contributed by atoms with Gasteiger partial charge < -0.3 is 30.5 Å². The third-order valence-electron chi connectivity index (χ3n) is 8.37. The summed E-state index contributed by atoms with van der Waals surface area (Å²) in [5.74, 6) is 0.0589.